The van der Waals surface area contributed by atoms with E-state index in [0.29, 0.717) is 23.2 Å². The fourth-order valence-electron chi connectivity index (χ4n) is 4.70. The summed E-state index contributed by atoms with van der Waals surface area (Å²) in [5.41, 5.74) is 6.78. The van der Waals surface area contributed by atoms with E-state index < -0.39 is 5.97 Å². The van der Waals surface area contributed by atoms with Gasteiger partial charge in [0, 0.05) is 5.92 Å². The van der Waals surface area contributed by atoms with E-state index in [-0.39, 0.29) is 17.4 Å². The van der Waals surface area contributed by atoms with Gasteiger partial charge in [-0.15, -0.1) is 0 Å². The Morgan fingerprint density at radius 1 is 1.19 bits per heavy atom. The van der Waals surface area contributed by atoms with Crippen LogP contribution in [0.4, 0.5) is 11.4 Å². The molecule has 3 fully saturated rings. The number of amides is 1. The van der Waals surface area contributed by atoms with Gasteiger partial charge in [0.25, 0.3) is 0 Å². The van der Waals surface area contributed by atoms with Crippen LogP contribution in [0.25, 0.3) is 0 Å². The number of anilines is 2. The summed E-state index contributed by atoms with van der Waals surface area (Å²) >= 11 is 0. The van der Waals surface area contributed by atoms with Crippen LogP contribution in [-0.2, 0) is 4.79 Å². The van der Waals surface area contributed by atoms with E-state index in [1.54, 1.807) is 6.07 Å². The Kier molecular flexibility index (Phi) is 2.55. The van der Waals surface area contributed by atoms with Gasteiger partial charge >= 0.3 is 5.97 Å². The van der Waals surface area contributed by atoms with Crippen molar-refractivity contribution in [3.8, 4) is 0 Å². The minimum absolute atomic E-state index is 0.0522. The minimum atomic E-state index is -1.02. The second-order valence-electron chi connectivity index (χ2n) is 6.61. The summed E-state index contributed by atoms with van der Waals surface area (Å²) in [7, 11) is 0. The average molecular weight is 286 g/mol. The number of benzene rings is 1. The fraction of sp³-hybridized carbons (Fsp3) is 0.500. The van der Waals surface area contributed by atoms with E-state index in [1.165, 1.54) is 31.4 Å². The summed E-state index contributed by atoms with van der Waals surface area (Å²) in [6.45, 7) is 0. The Morgan fingerprint density at radius 2 is 1.86 bits per heavy atom. The van der Waals surface area contributed by atoms with Crippen molar-refractivity contribution < 1.29 is 14.7 Å². The smallest absolute Gasteiger partial charge is 0.335 e. The molecule has 0 heterocycles. The van der Waals surface area contributed by atoms with Crippen LogP contribution in [0.2, 0.25) is 0 Å². The van der Waals surface area contributed by atoms with Crippen molar-refractivity contribution in [2.24, 2.45) is 29.6 Å². The third kappa shape index (κ3) is 1.83. The first-order valence-corrected chi connectivity index (χ1v) is 7.50. The van der Waals surface area contributed by atoms with Crippen LogP contribution in [0.5, 0.6) is 0 Å². The summed E-state index contributed by atoms with van der Waals surface area (Å²) in [4.78, 5) is 23.3. The number of carbonyl (C=O) groups is 2. The molecule has 4 N–H and O–H groups in total. The van der Waals surface area contributed by atoms with Crippen molar-refractivity contribution in [2.45, 2.75) is 19.3 Å². The van der Waals surface area contributed by atoms with Gasteiger partial charge in [-0.1, -0.05) is 0 Å². The second kappa shape index (κ2) is 4.23. The number of nitrogen functional groups attached to an aromatic ring is 1. The van der Waals surface area contributed by atoms with Gasteiger partial charge in [0.2, 0.25) is 5.91 Å². The Bertz CT molecular complexity index is 626. The van der Waals surface area contributed by atoms with Gasteiger partial charge in [-0.05, 0) is 61.1 Å². The van der Waals surface area contributed by atoms with Crippen LogP contribution in [0, 0.1) is 29.6 Å². The number of hydrogen-bond donors (Lipinski definition) is 3. The van der Waals surface area contributed by atoms with Crippen LogP contribution in [0.1, 0.15) is 29.6 Å². The van der Waals surface area contributed by atoms with E-state index in [2.05, 4.69) is 5.32 Å². The average Bonchev–Trinajstić information content (AvgIpc) is 2.89. The highest BCUT2D eigenvalue weighted by molar-refractivity contribution is 5.99. The Morgan fingerprint density at radius 3 is 2.43 bits per heavy atom. The number of carbonyl (C=O) groups excluding carboxylic acids is 1. The summed E-state index contributed by atoms with van der Waals surface area (Å²) < 4.78 is 0. The minimum Gasteiger partial charge on any atom is -0.478 e. The molecule has 0 aliphatic heterocycles. The summed E-state index contributed by atoms with van der Waals surface area (Å²) in [5, 5.41) is 11.8. The molecule has 2 bridgehead atoms. The first kappa shape index (κ1) is 12.7. The van der Waals surface area contributed by atoms with Crippen molar-refractivity contribution >= 4 is 23.3 Å². The molecule has 0 saturated heterocycles. The van der Waals surface area contributed by atoms with Gasteiger partial charge < -0.3 is 16.2 Å². The third-order valence-electron chi connectivity index (χ3n) is 5.59. The van der Waals surface area contributed by atoms with Crippen LogP contribution >= 0.6 is 0 Å². The lowest BCUT2D eigenvalue weighted by Crippen LogP contribution is -2.19. The molecule has 0 aromatic heterocycles. The quantitative estimate of drug-likeness (QED) is 0.743. The SMILES string of the molecule is Nc1cc(C(=O)O)ccc1NC(=O)C1C2C3CCC(C3)C12. The predicted octanol–water partition coefficient (Wildman–Crippen LogP) is 2.20. The molecule has 110 valence electrons. The van der Waals surface area contributed by atoms with Crippen LogP contribution in [-0.4, -0.2) is 17.0 Å². The van der Waals surface area contributed by atoms with E-state index in [0.717, 1.165) is 11.8 Å². The molecule has 4 unspecified atom stereocenters. The number of nitrogens with one attached hydrogen (secondary N) is 1. The Balaban J connectivity index is 1.47. The number of carboxylic acids is 1. The van der Waals surface area contributed by atoms with Crippen molar-refractivity contribution in [1.82, 2.24) is 0 Å². The zero-order valence-corrected chi connectivity index (χ0v) is 11.6. The number of nitrogens with two attached hydrogens (primary N) is 1. The largest absolute Gasteiger partial charge is 0.478 e. The van der Waals surface area contributed by atoms with Crippen LogP contribution in [0.3, 0.4) is 0 Å². The highest BCUT2D eigenvalue weighted by Crippen LogP contribution is 2.69. The lowest BCUT2D eigenvalue weighted by molar-refractivity contribution is -0.118. The summed E-state index contributed by atoms with van der Waals surface area (Å²) in [6, 6.07) is 4.42. The molecule has 1 amide bonds. The molecule has 3 aliphatic carbocycles. The molecule has 3 aliphatic rings. The lowest BCUT2D eigenvalue weighted by atomic mass is 10.0. The molecule has 0 radical (unpaired) electrons. The highest BCUT2D eigenvalue weighted by atomic mass is 16.4. The molecule has 5 nitrogen and oxygen atoms in total. The van der Waals surface area contributed by atoms with E-state index >= 15 is 0 Å². The van der Waals surface area contributed by atoms with Gasteiger partial charge in [0.15, 0.2) is 0 Å². The number of hydrogen-bond acceptors (Lipinski definition) is 3. The molecule has 5 heteroatoms. The fourth-order valence-corrected chi connectivity index (χ4v) is 4.70. The summed E-state index contributed by atoms with van der Waals surface area (Å²) in [6.07, 6.45) is 3.88. The maximum absolute atomic E-state index is 12.4. The summed E-state index contributed by atoms with van der Waals surface area (Å²) in [5.74, 6) is 1.86. The van der Waals surface area contributed by atoms with Gasteiger partial charge in [0.05, 0.1) is 16.9 Å². The second-order valence-corrected chi connectivity index (χ2v) is 6.61. The first-order chi connectivity index (χ1) is 10.1. The van der Waals surface area contributed by atoms with Crippen molar-refractivity contribution in [2.75, 3.05) is 11.1 Å². The molecule has 4 rings (SSSR count). The Hall–Kier alpha value is -2.04. The molecular weight excluding hydrogens is 268 g/mol. The third-order valence-corrected chi connectivity index (χ3v) is 5.59. The zero-order chi connectivity index (χ0) is 14.7. The molecule has 21 heavy (non-hydrogen) atoms. The molecule has 3 saturated carbocycles. The maximum atomic E-state index is 12.4. The number of aromatic carboxylic acids is 1. The van der Waals surface area contributed by atoms with Gasteiger partial charge in [-0.25, -0.2) is 4.79 Å². The van der Waals surface area contributed by atoms with E-state index in [4.69, 9.17) is 10.8 Å². The number of fused-ring (bicyclic) bond motifs is 5. The highest BCUT2D eigenvalue weighted by Gasteiger charge is 2.67. The number of rotatable bonds is 3. The van der Waals surface area contributed by atoms with E-state index in [1.807, 2.05) is 0 Å². The normalized spacial score (nSPS) is 35.3. The Labute approximate surface area is 122 Å². The van der Waals surface area contributed by atoms with Gasteiger partial charge in [-0.3, -0.25) is 4.79 Å². The molecular formula is C16H18N2O3. The van der Waals surface area contributed by atoms with Crippen LogP contribution < -0.4 is 11.1 Å². The maximum Gasteiger partial charge on any atom is 0.335 e. The van der Waals surface area contributed by atoms with Crippen molar-refractivity contribution in [3.63, 3.8) is 0 Å². The molecule has 1 aromatic rings. The van der Waals surface area contributed by atoms with Gasteiger partial charge in [0.1, 0.15) is 0 Å². The number of carboxylic acid groups (broad SMARTS) is 1. The molecule has 1 aromatic carbocycles. The molecule has 4 atom stereocenters. The topological polar surface area (TPSA) is 92.4 Å². The van der Waals surface area contributed by atoms with E-state index in [9.17, 15) is 9.59 Å². The van der Waals surface area contributed by atoms with Crippen LogP contribution in [0.15, 0.2) is 18.2 Å². The van der Waals surface area contributed by atoms with Gasteiger partial charge in [-0.2, -0.15) is 0 Å². The lowest BCUT2D eigenvalue weighted by Gasteiger charge is -2.11. The van der Waals surface area contributed by atoms with Crippen molar-refractivity contribution in [3.05, 3.63) is 23.8 Å². The zero-order valence-electron chi connectivity index (χ0n) is 11.6. The standard InChI is InChI=1S/C16H18N2O3/c17-10-6-9(16(20)21)3-4-11(10)18-15(19)14-12-7-1-2-8(5-7)13(12)14/h3-4,6-8,12-14H,1-2,5,17H2,(H,18,19)(H,20,21). The first-order valence-electron chi connectivity index (χ1n) is 7.50. The molecule has 0 spiro atoms. The monoisotopic (exact) mass is 286 g/mol. The predicted molar refractivity (Wildman–Crippen MR) is 77.7 cm³/mol. The van der Waals surface area contributed by atoms with Crippen molar-refractivity contribution in [1.29, 1.82) is 0 Å².